The summed E-state index contributed by atoms with van der Waals surface area (Å²) in [4.78, 5) is 10.5. The highest BCUT2D eigenvalue weighted by Gasteiger charge is 2.09. The predicted octanol–water partition coefficient (Wildman–Crippen LogP) is 4.40. The van der Waals surface area contributed by atoms with Gasteiger partial charge in [-0.3, -0.25) is 0 Å². The Kier molecular flexibility index (Phi) is 6.12. The van der Waals surface area contributed by atoms with Crippen LogP contribution in [0.4, 0.5) is 0 Å². The Morgan fingerprint density at radius 2 is 1.35 bits per heavy atom. The van der Waals surface area contributed by atoms with Crippen molar-refractivity contribution in [1.82, 2.24) is 9.97 Å². The van der Waals surface area contributed by atoms with Gasteiger partial charge in [0.2, 0.25) is 0 Å². The van der Waals surface area contributed by atoms with Crippen molar-refractivity contribution in [3.8, 4) is 11.5 Å². The molecule has 0 saturated heterocycles. The molecule has 0 radical (unpaired) electrons. The second-order valence-corrected chi connectivity index (χ2v) is 6.70. The van der Waals surface area contributed by atoms with E-state index in [1.165, 1.54) is 5.56 Å². The van der Waals surface area contributed by atoms with Gasteiger partial charge < -0.3 is 9.47 Å². The van der Waals surface area contributed by atoms with Gasteiger partial charge in [0.25, 0.3) is 0 Å². The van der Waals surface area contributed by atoms with Crippen molar-refractivity contribution in [2.45, 2.75) is 17.7 Å². The van der Waals surface area contributed by atoms with Gasteiger partial charge >= 0.3 is 0 Å². The largest absolute Gasteiger partial charge is 0.497 e. The van der Waals surface area contributed by atoms with Crippen molar-refractivity contribution in [1.29, 1.82) is 0 Å². The minimum atomic E-state index is 0.703. The summed E-state index contributed by atoms with van der Waals surface area (Å²) in [6.45, 7) is 0. The molecule has 3 aromatic rings. The van der Waals surface area contributed by atoms with Crippen LogP contribution in [-0.4, -0.2) is 30.4 Å². The molecule has 0 fully saturated rings. The summed E-state index contributed by atoms with van der Waals surface area (Å²) in [5.41, 5.74) is 3.43. The third-order valence-electron chi connectivity index (χ3n) is 4.15. The number of nitrogens with zero attached hydrogens (tertiary/aromatic N) is 2. The van der Waals surface area contributed by atoms with Crippen LogP contribution in [0.3, 0.4) is 0 Å². The number of thioether (sulfide) groups is 1. The second-order valence-electron chi connectivity index (χ2n) is 5.85. The Labute approximate surface area is 158 Å². The molecule has 0 unspecified atom stereocenters. The molecule has 0 N–H and O–H groups in total. The number of ether oxygens (including phenoxy) is 2. The second kappa shape index (κ2) is 8.72. The molecule has 0 spiro atoms. The van der Waals surface area contributed by atoms with Gasteiger partial charge in [0.1, 0.15) is 17.3 Å². The SMILES string of the molecule is COc1ccc(Cc2ncc(SC)c(Cc3ccc(OC)cc3)n2)cc1. The van der Waals surface area contributed by atoms with Crippen molar-refractivity contribution in [3.63, 3.8) is 0 Å². The van der Waals surface area contributed by atoms with Crippen LogP contribution < -0.4 is 9.47 Å². The van der Waals surface area contributed by atoms with E-state index in [1.54, 1.807) is 26.0 Å². The highest BCUT2D eigenvalue weighted by molar-refractivity contribution is 7.98. The van der Waals surface area contributed by atoms with Gasteiger partial charge in [0.15, 0.2) is 0 Å². The summed E-state index contributed by atoms with van der Waals surface area (Å²) in [5, 5.41) is 0. The molecule has 26 heavy (non-hydrogen) atoms. The molecule has 2 aromatic carbocycles. The third-order valence-corrected chi connectivity index (χ3v) is 4.93. The summed E-state index contributed by atoms with van der Waals surface area (Å²) in [6.07, 6.45) is 5.46. The molecule has 3 rings (SSSR count). The predicted molar refractivity (Wildman–Crippen MR) is 105 cm³/mol. The maximum Gasteiger partial charge on any atom is 0.133 e. The molecule has 1 heterocycles. The van der Waals surface area contributed by atoms with E-state index in [2.05, 4.69) is 23.4 Å². The molecule has 0 amide bonds. The van der Waals surface area contributed by atoms with E-state index in [9.17, 15) is 0 Å². The van der Waals surface area contributed by atoms with Gasteiger partial charge in [-0.1, -0.05) is 24.3 Å². The number of rotatable bonds is 7. The minimum Gasteiger partial charge on any atom is -0.497 e. The summed E-state index contributed by atoms with van der Waals surface area (Å²) < 4.78 is 10.4. The summed E-state index contributed by atoms with van der Waals surface area (Å²) >= 11 is 1.68. The molecular formula is C21H22N2O2S. The van der Waals surface area contributed by atoms with Crippen molar-refractivity contribution in [3.05, 3.63) is 77.4 Å². The molecule has 0 aliphatic carbocycles. The summed E-state index contributed by atoms with van der Waals surface area (Å²) in [5.74, 6) is 2.55. The number of hydrogen-bond donors (Lipinski definition) is 0. The van der Waals surface area contributed by atoms with Gasteiger partial charge in [-0.25, -0.2) is 9.97 Å². The maximum atomic E-state index is 5.23. The van der Waals surface area contributed by atoms with Crippen LogP contribution >= 0.6 is 11.8 Å². The summed E-state index contributed by atoms with van der Waals surface area (Å²) in [7, 11) is 3.35. The lowest BCUT2D eigenvalue weighted by molar-refractivity contribution is 0.414. The van der Waals surface area contributed by atoms with E-state index in [0.717, 1.165) is 39.9 Å². The molecule has 0 atom stereocenters. The first-order valence-corrected chi connectivity index (χ1v) is 9.59. The molecule has 0 saturated carbocycles. The van der Waals surface area contributed by atoms with E-state index >= 15 is 0 Å². The Balaban J connectivity index is 1.80. The minimum absolute atomic E-state index is 0.703. The van der Waals surface area contributed by atoms with Crippen LogP contribution in [0.1, 0.15) is 22.6 Å². The number of aromatic nitrogens is 2. The van der Waals surface area contributed by atoms with Crippen LogP contribution in [0.2, 0.25) is 0 Å². The molecule has 0 bridgehead atoms. The van der Waals surface area contributed by atoms with Crippen molar-refractivity contribution < 1.29 is 9.47 Å². The average Bonchev–Trinajstić information content (AvgIpc) is 2.69. The van der Waals surface area contributed by atoms with Crippen LogP contribution in [-0.2, 0) is 12.8 Å². The van der Waals surface area contributed by atoms with E-state index in [1.807, 2.05) is 42.6 Å². The molecule has 0 aliphatic heterocycles. The van der Waals surface area contributed by atoms with Gasteiger partial charge in [-0.05, 0) is 41.6 Å². The van der Waals surface area contributed by atoms with Crippen molar-refractivity contribution in [2.75, 3.05) is 20.5 Å². The molecule has 4 nitrogen and oxygen atoms in total. The number of benzene rings is 2. The smallest absolute Gasteiger partial charge is 0.133 e. The zero-order valence-corrected chi connectivity index (χ0v) is 16.0. The Hall–Kier alpha value is -2.53. The molecule has 134 valence electrons. The fraction of sp³-hybridized carbons (Fsp3) is 0.238. The molecule has 5 heteroatoms. The lowest BCUT2D eigenvalue weighted by Gasteiger charge is -2.10. The molecule has 0 aliphatic rings. The first kappa shape index (κ1) is 18.3. The van der Waals surface area contributed by atoms with E-state index in [4.69, 9.17) is 14.5 Å². The molecule has 1 aromatic heterocycles. The van der Waals surface area contributed by atoms with Crippen LogP contribution in [0.15, 0.2) is 59.6 Å². The van der Waals surface area contributed by atoms with Gasteiger partial charge in [0, 0.05) is 23.9 Å². The number of methoxy groups -OCH3 is 2. The Bertz CT molecular complexity index is 849. The normalized spacial score (nSPS) is 10.6. The lowest BCUT2D eigenvalue weighted by Crippen LogP contribution is -2.03. The standard InChI is InChI=1S/C21H22N2O2S/c1-24-17-8-4-15(5-9-17)12-19-20(26-3)14-22-21(23-19)13-16-6-10-18(25-2)11-7-16/h4-11,14H,12-13H2,1-3H3. The molecular weight excluding hydrogens is 344 g/mol. The van der Waals surface area contributed by atoms with Gasteiger partial charge in [-0.2, -0.15) is 0 Å². The zero-order chi connectivity index (χ0) is 18.4. The maximum absolute atomic E-state index is 5.23. The van der Waals surface area contributed by atoms with Gasteiger partial charge in [0.05, 0.1) is 19.9 Å². The van der Waals surface area contributed by atoms with Crippen molar-refractivity contribution >= 4 is 11.8 Å². The van der Waals surface area contributed by atoms with Gasteiger partial charge in [-0.15, -0.1) is 11.8 Å². The third kappa shape index (κ3) is 4.55. The monoisotopic (exact) mass is 366 g/mol. The average molecular weight is 366 g/mol. The quantitative estimate of drug-likeness (QED) is 0.580. The fourth-order valence-corrected chi connectivity index (χ4v) is 3.20. The van der Waals surface area contributed by atoms with E-state index in [0.29, 0.717) is 6.42 Å². The Morgan fingerprint density at radius 1 is 0.808 bits per heavy atom. The van der Waals surface area contributed by atoms with E-state index < -0.39 is 0 Å². The highest BCUT2D eigenvalue weighted by atomic mass is 32.2. The summed E-state index contributed by atoms with van der Waals surface area (Å²) in [6, 6.07) is 16.1. The first-order chi connectivity index (χ1) is 12.7. The van der Waals surface area contributed by atoms with Crippen LogP contribution in [0.5, 0.6) is 11.5 Å². The zero-order valence-electron chi connectivity index (χ0n) is 15.2. The van der Waals surface area contributed by atoms with Crippen molar-refractivity contribution in [2.24, 2.45) is 0 Å². The van der Waals surface area contributed by atoms with E-state index in [-0.39, 0.29) is 0 Å². The number of hydrogen-bond acceptors (Lipinski definition) is 5. The topological polar surface area (TPSA) is 44.2 Å². The van der Waals surface area contributed by atoms with Crippen LogP contribution in [0.25, 0.3) is 0 Å². The lowest BCUT2D eigenvalue weighted by atomic mass is 10.1. The first-order valence-electron chi connectivity index (χ1n) is 8.36. The highest BCUT2D eigenvalue weighted by Crippen LogP contribution is 2.23. The Morgan fingerprint density at radius 3 is 1.85 bits per heavy atom. The van der Waals surface area contributed by atoms with Crippen LogP contribution in [0, 0.1) is 0 Å². The fourth-order valence-electron chi connectivity index (χ4n) is 2.69.